The van der Waals surface area contributed by atoms with Gasteiger partial charge in [0.2, 0.25) is 0 Å². The van der Waals surface area contributed by atoms with Crippen molar-refractivity contribution in [3.8, 4) is 22.3 Å². The monoisotopic (exact) mass is 679 g/mol. The third-order valence-corrected chi connectivity index (χ3v) is 10.2. The summed E-state index contributed by atoms with van der Waals surface area (Å²) in [5, 5.41) is 8.58. The molecule has 0 aliphatic heterocycles. The molecule has 3 aliphatic carbocycles. The highest BCUT2D eigenvalue weighted by atomic mass is 32.1. The number of amidine groups is 2. The summed E-state index contributed by atoms with van der Waals surface area (Å²) in [6.45, 7) is 5.95. The number of benzene rings is 5. The lowest BCUT2D eigenvalue weighted by atomic mass is 9.90. The van der Waals surface area contributed by atoms with Gasteiger partial charge in [-0.3, -0.25) is 5.41 Å². The Hall–Kier alpha value is -5.58. The number of nitrogens with one attached hydrogen (secondary N) is 1. The van der Waals surface area contributed by atoms with Gasteiger partial charge < -0.3 is 0 Å². The first-order valence-electron chi connectivity index (χ1n) is 17.6. The second kappa shape index (κ2) is 15.5. The van der Waals surface area contributed by atoms with E-state index in [1.807, 2.05) is 36.4 Å². The van der Waals surface area contributed by atoms with Crippen LogP contribution in [0.4, 0.5) is 0 Å². The van der Waals surface area contributed by atoms with E-state index in [2.05, 4.69) is 145 Å². The van der Waals surface area contributed by atoms with Crippen LogP contribution in [0.5, 0.6) is 0 Å². The van der Waals surface area contributed by atoms with Crippen LogP contribution < -0.4 is 0 Å². The molecule has 3 nitrogen and oxygen atoms in total. The number of hydrogen-bond donors (Lipinski definition) is 2. The molecule has 0 heterocycles. The summed E-state index contributed by atoms with van der Waals surface area (Å²) >= 11 is 4.64. The van der Waals surface area contributed by atoms with Crippen LogP contribution in [-0.2, 0) is 6.42 Å². The van der Waals surface area contributed by atoms with Crippen molar-refractivity contribution < 1.29 is 0 Å². The molecule has 5 aromatic rings. The van der Waals surface area contributed by atoms with Gasteiger partial charge in [-0.2, -0.15) is 0 Å². The summed E-state index contributed by atoms with van der Waals surface area (Å²) in [4.78, 5) is 9.71. The van der Waals surface area contributed by atoms with Crippen molar-refractivity contribution in [2.75, 3.05) is 0 Å². The Morgan fingerprint density at radius 3 is 2.18 bits per heavy atom. The van der Waals surface area contributed by atoms with Gasteiger partial charge in [0, 0.05) is 10.5 Å². The van der Waals surface area contributed by atoms with E-state index in [-0.39, 0.29) is 5.84 Å². The van der Waals surface area contributed by atoms with Crippen molar-refractivity contribution in [3.63, 3.8) is 0 Å². The maximum atomic E-state index is 8.58. The van der Waals surface area contributed by atoms with Crippen LogP contribution in [0.15, 0.2) is 172 Å². The van der Waals surface area contributed by atoms with Crippen molar-refractivity contribution in [1.29, 1.82) is 5.41 Å². The second-order valence-corrected chi connectivity index (χ2v) is 13.5. The Labute approximate surface area is 307 Å². The minimum atomic E-state index is 0.246. The molecule has 0 spiro atoms. The molecular formula is C47H41N3S. The maximum Gasteiger partial charge on any atom is 0.161 e. The summed E-state index contributed by atoms with van der Waals surface area (Å²) < 4.78 is 0. The second-order valence-electron chi connectivity index (χ2n) is 13.1. The van der Waals surface area contributed by atoms with Gasteiger partial charge in [-0.25, -0.2) is 9.98 Å². The molecule has 0 aromatic heterocycles. The van der Waals surface area contributed by atoms with E-state index in [1.54, 1.807) is 0 Å². The summed E-state index contributed by atoms with van der Waals surface area (Å²) in [6.07, 6.45) is 12.9. The van der Waals surface area contributed by atoms with Gasteiger partial charge in [0.1, 0.15) is 5.84 Å². The summed E-state index contributed by atoms with van der Waals surface area (Å²) in [7, 11) is 0. The average Bonchev–Trinajstić information content (AvgIpc) is 3.57. The lowest BCUT2D eigenvalue weighted by molar-refractivity contribution is 1.01. The third-order valence-electron chi connectivity index (χ3n) is 9.83. The molecule has 8 rings (SSSR count). The van der Waals surface area contributed by atoms with Crippen molar-refractivity contribution in [2.24, 2.45) is 9.98 Å². The molecule has 51 heavy (non-hydrogen) atoms. The average molecular weight is 680 g/mol. The Morgan fingerprint density at radius 1 is 0.706 bits per heavy atom. The number of aryl methyl sites for hydroxylation is 1. The van der Waals surface area contributed by atoms with E-state index in [1.165, 1.54) is 50.1 Å². The number of nitrogens with zero attached hydrogens (tertiary/aromatic N) is 2. The summed E-state index contributed by atoms with van der Waals surface area (Å²) in [5.74, 6) is 0.738. The quantitative estimate of drug-likeness (QED) is 0.104. The predicted molar refractivity (Wildman–Crippen MR) is 220 cm³/mol. The van der Waals surface area contributed by atoms with E-state index >= 15 is 0 Å². The van der Waals surface area contributed by atoms with Crippen LogP contribution in [0, 0.1) is 12.3 Å². The van der Waals surface area contributed by atoms with Gasteiger partial charge in [0.25, 0.3) is 0 Å². The largest absolute Gasteiger partial charge is 0.283 e. The standard InChI is InChI=1S/C27H25N3S.C20H16/c1-29-27(24-13-6-5-11-22(24)23-12-7-8-14-25(23)31)30-26(28)21-17-15-20(16-18-21)19-9-3-2-4-10-19;1-14-6-5-9-17-13-18-12-16(10-11-19(18)20(14)17)15-7-3-2-4-8-15/h2-4,6-10,12-15,17,28,31H,1,5,11,16,18H2;2-12H,13H2,1H3. The molecule has 0 unspecified atom stereocenters. The molecule has 1 N–H and O–H groups in total. The van der Waals surface area contributed by atoms with Crippen LogP contribution >= 0.6 is 12.6 Å². The van der Waals surface area contributed by atoms with Crippen LogP contribution in [0.1, 0.15) is 53.5 Å². The number of fused-ring (bicyclic) bond motifs is 3. The molecule has 0 radical (unpaired) electrons. The molecule has 0 saturated heterocycles. The zero-order chi connectivity index (χ0) is 35.2. The lowest BCUT2D eigenvalue weighted by Crippen LogP contribution is -2.10. The van der Waals surface area contributed by atoms with Gasteiger partial charge in [-0.15, -0.1) is 12.6 Å². The molecule has 0 fully saturated rings. The molecule has 0 amide bonds. The molecule has 5 aromatic carbocycles. The lowest BCUT2D eigenvalue weighted by Gasteiger charge is -2.18. The first kappa shape index (κ1) is 33.9. The Bertz CT molecular complexity index is 2270. The summed E-state index contributed by atoms with van der Waals surface area (Å²) in [5.41, 5.74) is 16.4. The van der Waals surface area contributed by atoms with Gasteiger partial charge in [-0.05, 0) is 119 Å². The van der Waals surface area contributed by atoms with Crippen molar-refractivity contribution in [1.82, 2.24) is 0 Å². The zero-order valence-electron chi connectivity index (χ0n) is 28.9. The minimum Gasteiger partial charge on any atom is -0.283 e. The predicted octanol–water partition coefficient (Wildman–Crippen LogP) is 12.2. The fraction of sp³-hybridized carbons (Fsp3) is 0.128. The normalized spacial score (nSPS) is 14.8. The molecule has 0 saturated carbocycles. The molecule has 0 bridgehead atoms. The fourth-order valence-corrected chi connectivity index (χ4v) is 7.52. The number of thiol groups is 1. The van der Waals surface area contributed by atoms with E-state index in [4.69, 9.17) is 5.41 Å². The third kappa shape index (κ3) is 7.47. The van der Waals surface area contributed by atoms with Crippen LogP contribution in [0.3, 0.4) is 0 Å². The first-order chi connectivity index (χ1) is 25.0. The van der Waals surface area contributed by atoms with Crippen molar-refractivity contribution >= 4 is 42.2 Å². The van der Waals surface area contributed by atoms with Gasteiger partial charge in [0.05, 0.1) is 0 Å². The molecular weight excluding hydrogens is 639 g/mol. The maximum absolute atomic E-state index is 8.58. The Balaban J connectivity index is 0.000000174. The molecule has 4 heteroatoms. The van der Waals surface area contributed by atoms with Crippen molar-refractivity contribution in [3.05, 3.63) is 185 Å². The number of allylic oxidation sites excluding steroid dienone is 5. The summed E-state index contributed by atoms with van der Waals surface area (Å²) in [6, 6.07) is 42.6. The molecule has 250 valence electrons. The fourth-order valence-electron chi connectivity index (χ4n) is 7.23. The number of aliphatic imine (C=N–C) groups is 2. The van der Waals surface area contributed by atoms with E-state index in [0.717, 1.165) is 59.3 Å². The topological polar surface area (TPSA) is 48.6 Å². The van der Waals surface area contributed by atoms with Crippen molar-refractivity contribution in [2.45, 2.75) is 43.9 Å². The first-order valence-corrected chi connectivity index (χ1v) is 18.0. The zero-order valence-corrected chi connectivity index (χ0v) is 29.8. The highest BCUT2D eigenvalue weighted by Gasteiger charge is 2.21. The SMILES string of the molecule is C=NC(=NC(=N)C1=CC=C(c2ccccc2)CC1)C1=C(c2ccccc2S)CCC=C1.Cc1cccc2c1-c1ccc(-c3ccccc3)cc1C2. The van der Waals surface area contributed by atoms with E-state index < -0.39 is 0 Å². The minimum absolute atomic E-state index is 0.246. The van der Waals surface area contributed by atoms with Gasteiger partial charge in [0.15, 0.2) is 5.84 Å². The highest BCUT2D eigenvalue weighted by molar-refractivity contribution is 7.80. The van der Waals surface area contributed by atoms with E-state index in [0.29, 0.717) is 5.84 Å². The van der Waals surface area contributed by atoms with E-state index in [9.17, 15) is 0 Å². The number of rotatable bonds is 5. The molecule has 3 aliphatic rings. The van der Waals surface area contributed by atoms with Crippen LogP contribution in [-0.4, -0.2) is 18.4 Å². The highest BCUT2D eigenvalue weighted by Crippen LogP contribution is 2.40. The Kier molecular flexibility index (Phi) is 10.3. The van der Waals surface area contributed by atoms with Gasteiger partial charge in [-0.1, -0.05) is 140 Å². The van der Waals surface area contributed by atoms with Crippen LogP contribution in [0.2, 0.25) is 0 Å². The number of hydrogen-bond acceptors (Lipinski definition) is 2. The smallest absolute Gasteiger partial charge is 0.161 e. The Morgan fingerprint density at radius 2 is 1.45 bits per heavy atom. The van der Waals surface area contributed by atoms with Gasteiger partial charge >= 0.3 is 0 Å². The van der Waals surface area contributed by atoms with Crippen LogP contribution in [0.25, 0.3) is 33.4 Å². The molecule has 0 atom stereocenters.